The van der Waals surface area contributed by atoms with Crippen molar-refractivity contribution in [1.29, 1.82) is 0 Å². The molecule has 0 aromatic rings. The summed E-state index contributed by atoms with van der Waals surface area (Å²) < 4.78 is 0. The SMILES string of the molecule is C=C1C[C@@H]2CC[C@H]1[C@H](O)C2. The quantitative estimate of drug-likeness (QED) is 0.505. The Balaban J connectivity index is 2.18. The second-order valence-electron chi connectivity index (χ2n) is 3.72. The van der Waals surface area contributed by atoms with Crippen molar-refractivity contribution in [2.75, 3.05) is 0 Å². The summed E-state index contributed by atoms with van der Waals surface area (Å²) in [7, 11) is 0. The van der Waals surface area contributed by atoms with E-state index in [9.17, 15) is 5.11 Å². The van der Waals surface area contributed by atoms with Gasteiger partial charge in [0.05, 0.1) is 6.10 Å². The van der Waals surface area contributed by atoms with E-state index in [-0.39, 0.29) is 6.10 Å². The summed E-state index contributed by atoms with van der Waals surface area (Å²) in [5.41, 5.74) is 1.30. The number of aliphatic hydroxyl groups excluding tert-OH is 1. The first-order valence-corrected chi connectivity index (χ1v) is 4.13. The average molecular weight is 138 g/mol. The van der Waals surface area contributed by atoms with Crippen LogP contribution >= 0.6 is 0 Å². The van der Waals surface area contributed by atoms with Crippen molar-refractivity contribution in [1.82, 2.24) is 0 Å². The van der Waals surface area contributed by atoms with Crippen LogP contribution in [0.4, 0.5) is 0 Å². The van der Waals surface area contributed by atoms with Crippen LogP contribution in [0.1, 0.15) is 25.7 Å². The molecule has 3 saturated carbocycles. The Kier molecular flexibility index (Phi) is 1.34. The lowest BCUT2D eigenvalue weighted by Gasteiger charge is -2.41. The molecule has 0 radical (unpaired) electrons. The van der Waals surface area contributed by atoms with E-state index in [4.69, 9.17) is 0 Å². The van der Waals surface area contributed by atoms with E-state index < -0.39 is 0 Å². The van der Waals surface area contributed by atoms with Crippen LogP contribution in [0.25, 0.3) is 0 Å². The summed E-state index contributed by atoms with van der Waals surface area (Å²) in [4.78, 5) is 0. The second-order valence-corrected chi connectivity index (χ2v) is 3.72. The Labute approximate surface area is 61.8 Å². The van der Waals surface area contributed by atoms with Gasteiger partial charge in [-0.05, 0) is 31.6 Å². The summed E-state index contributed by atoms with van der Waals surface area (Å²) in [6.45, 7) is 3.99. The minimum absolute atomic E-state index is 0.0556. The molecular formula is C9H14O. The van der Waals surface area contributed by atoms with Gasteiger partial charge in [-0.1, -0.05) is 12.2 Å². The molecule has 56 valence electrons. The van der Waals surface area contributed by atoms with Gasteiger partial charge in [-0.3, -0.25) is 0 Å². The predicted octanol–water partition coefficient (Wildman–Crippen LogP) is 1.72. The summed E-state index contributed by atoms with van der Waals surface area (Å²) in [6, 6.07) is 0. The number of hydrogen-bond acceptors (Lipinski definition) is 1. The molecule has 0 unspecified atom stereocenters. The lowest BCUT2D eigenvalue weighted by Crippen LogP contribution is -2.36. The van der Waals surface area contributed by atoms with Crippen molar-refractivity contribution in [3.05, 3.63) is 12.2 Å². The second kappa shape index (κ2) is 2.09. The Bertz CT molecular complexity index is 162. The van der Waals surface area contributed by atoms with Crippen LogP contribution in [-0.2, 0) is 0 Å². The summed E-state index contributed by atoms with van der Waals surface area (Å²) >= 11 is 0. The third-order valence-corrected chi connectivity index (χ3v) is 3.00. The van der Waals surface area contributed by atoms with Gasteiger partial charge < -0.3 is 5.11 Å². The van der Waals surface area contributed by atoms with Gasteiger partial charge in [0.2, 0.25) is 0 Å². The Morgan fingerprint density at radius 3 is 2.60 bits per heavy atom. The molecule has 3 aliphatic carbocycles. The lowest BCUT2D eigenvalue weighted by molar-refractivity contribution is 0.0352. The minimum atomic E-state index is -0.0556. The largest absolute Gasteiger partial charge is 0.392 e. The first-order valence-electron chi connectivity index (χ1n) is 4.13. The maximum atomic E-state index is 9.51. The fraction of sp³-hybridized carbons (Fsp3) is 0.778. The maximum absolute atomic E-state index is 9.51. The molecular weight excluding hydrogens is 124 g/mol. The molecule has 0 amide bonds. The van der Waals surface area contributed by atoms with Gasteiger partial charge in [-0.15, -0.1) is 0 Å². The number of rotatable bonds is 0. The standard InChI is InChI=1S/C9H14O/c1-6-4-7-2-3-8(6)9(10)5-7/h7-10H,1-5H2/t7-,8+,9+/m0/s1. The molecule has 0 aromatic heterocycles. The molecule has 0 aliphatic heterocycles. The van der Waals surface area contributed by atoms with Crippen molar-refractivity contribution in [2.24, 2.45) is 11.8 Å². The Morgan fingerprint density at radius 1 is 1.40 bits per heavy atom. The topological polar surface area (TPSA) is 20.2 Å². The predicted molar refractivity (Wildman–Crippen MR) is 40.6 cm³/mol. The number of fused-ring (bicyclic) bond motifs is 3. The zero-order valence-corrected chi connectivity index (χ0v) is 6.21. The normalized spacial score (nSPS) is 46.1. The van der Waals surface area contributed by atoms with Crippen molar-refractivity contribution in [3.8, 4) is 0 Å². The van der Waals surface area contributed by atoms with Crippen LogP contribution in [0, 0.1) is 11.8 Å². The molecule has 1 nitrogen and oxygen atoms in total. The average Bonchev–Trinajstić information content (AvgIpc) is 1.86. The first kappa shape index (κ1) is 6.41. The molecule has 1 heteroatoms. The molecule has 3 aliphatic rings. The van der Waals surface area contributed by atoms with Gasteiger partial charge in [0.15, 0.2) is 0 Å². The van der Waals surface area contributed by atoms with Crippen molar-refractivity contribution in [2.45, 2.75) is 31.8 Å². The van der Waals surface area contributed by atoms with Gasteiger partial charge in [-0.25, -0.2) is 0 Å². The van der Waals surface area contributed by atoms with Gasteiger partial charge >= 0.3 is 0 Å². The maximum Gasteiger partial charge on any atom is 0.0608 e. The van der Waals surface area contributed by atoms with E-state index in [1.165, 1.54) is 24.8 Å². The molecule has 3 atom stereocenters. The van der Waals surface area contributed by atoms with Crippen LogP contribution in [0.3, 0.4) is 0 Å². The number of hydrogen-bond donors (Lipinski definition) is 1. The molecule has 0 heterocycles. The van der Waals surface area contributed by atoms with Gasteiger partial charge in [0.25, 0.3) is 0 Å². The molecule has 3 fully saturated rings. The Morgan fingerprint density at radius 2 is 2.20 bits per heavy atom. The van der Waals surface area contributed by atoms with Gasteiger partial charge in [0, 0.05) is 5.92 Å². The van der Waals surface area contributed by atoms with E-state index in [2.05, 4.69) is 6.58 Å². The third-order valence-electron chi connectivity index (χ3n) is 3.00. The van der Waals surface area contributed by atoms with Crippen molar-refractivity contribution >= 4 is 0 Å². The Hall–Kier alpha value is -0.300. The van der Waals surface area contributed by atoms with Gasteiger partial charge in [-0.2, -0.15) is 0 Å². The third kappa shape index (κ3) is 0.807. The van der Waals surface area contributed by atoms with E-state index in [0.29, 0.717) is 5.92 Å². The zero-order chi connectivity index (χ0) is 7.14. The highest BCUT2D eigenvalue weighted by atomic mass is 16.3. The van der Waals surface area contributed by atoms with E-state index in [1.807, 2.05) is 0 Å². The minimum Gasteiger partial charge on any atom is -0.392 e. The van der Waals surface area contributed by atoms with E-state index in [1.54, 1.807) is 0 Å². The highest BCUT2D eigenvalue weighted by molar-refractivity contribution is 5.12. The molecule has 0 spiro atoms. The molecule has 0 aromatic carbocycles. The molecule has 1 N–H and O–H groups in total. The summed E-state index contributed by atoms with van der Waals surface area (Å²) in [5.74, 6) is 1.21. The monoisotopic (exact) mass is 138 g/mol. The van der Waals surface area contributed by atoms with Crippen LogP contribution in [0.2, 0.25) is 0 Å². The zero-order valence-electron chi connectivity index (χ0n) is 6.21. The molecule has 0 saturated heterocycles. The highest BCUT2D eigenvalue weighted by Gasteiger charge is 2.36. The van der Waals surface area contributed by atoms with Crippen LogP contribution in [0.5, 0.6) is 0 Å². The van der Waals surface area contributed by atoms with Crippen LogP contribution < -0.4 is 0 Å². The lowest BCUT2D eigenvalue weighted by atomic mass is 9.67. The van der Waals surface area contributed by atoms with Crippen LogP contribution in [0.15, 0.2) is 12.2 Å². The van der Waals surface area contributed by atoms with Gasteiger partial charge in [0.1, 0.15) is 0 Å². The summed E-state index contributed by atoms with van der Waals surface area (Å²) in [5, 5.41) is 9.51. The smallest absolute Gasteiger partial charge is 0.0608 e. The molecule has 2 bridgehead atoms. The molecule has 3 rings (SSSR count). The summed E-state index contributed by atoms with van der Waals surface area (Å²) in [6.07, 6.45) is 4.66. The van der Waals surface area contributed by atoms with E-state index >= 15 is 0 Å². The van der Waals surface area contributed by atoms with E-state index in [0.717, 1.165) is 12.3 Å². The fourth-order valence-corrected chi connectivity index (χ4v) is 2.42. The fourth-order valence-electron chi connectivity index (χ4n) is 2.42. The molecule has 10 heavy (non-hydrogen) atoms. The van der Waals surface area contributed by atoms with Crippen LogP contribution in [-0.4, -0.2) is 11.2 Å². The highest BCUT2D eigenvalue weighted by Crippen LogP contribution is 2.43. The number of aliphatic hydroxyl groups is 1. The van der Waals surface area contributed by atoms with Crippen molar-refractivity contribution in [3.63, 3.8) is 0 Å². The first-order chi connectivity index (χ1) is 4.77. The van der Waals surface area contributed by atoms with Crippen molar-refractivity contribution < 1.29 is 5.11 Å².